The molecule has 0 saturated carbocycles. The topological polar surface area (TPSA) is 51.7 Å². The Labute approximate surface area is 136 Å². The van der Waals surface area contributed by atoms with Gasteiger partial charge in [-0.2, -0.15) is 0 Å². The van der Waals surface area contributed by atoms with Crippen LogP contribution in [-0.4, -0.2) is 37.1 Å². The van der Waals surface area contributed by atoms with Crippen LogP contribution in [0.25, 0.3) is 6.08 Å². The van der Waals surface area contributed by atoms with Gasteiger partial charge in [0.1, 0.15) is 0 Å². The summed E-state index contributed by atoms with van der Waals surface area (Å²) in [5.41, 5.74) is 1.91. The molecule has 0 bridgehead atoms. The zero-order valence-electron chi connectivity index (χ0n) is 13.5. The van der Waals surface area contributed by atoms with Crippen LogP contribution >= 0.6 is 0 Å². The molecule has 1 amide bonds. The van der Waals surface area contributed by atoms with E-state index in [0.717, 1.165) is 11.1 Å². The van der Waals surface area contributed by atoms with Crippen molar-refractivity contribution in [3.05, 3.63) is 59.9 Å². The van der Waals surface area contributed by atoms with Gasteiger partial charge >= 0.3 is 0 Å². The van der Waals surface area contributed by atoms with Crippen LogP contribution < -0.4 is 9.47 Å². The lowest BCUT2D eigenvalue weighted by atomic mass is 10.2. The number of methoxy groups -OCH3 is 2. The molecular weight excluding hydrogens is 292 g/mol. The summed E-state index contributed by atoms with van der Waals surface area (Å²) in [5.74, 6) is 1.22. The largest absolute Gasteiger partial charge is 0.493 e. The Kier molecular flexibility index (Phi) is 5.74. The maximum Gasteiger partial charge on any atom is 0.246 e. The Balaban J connectivity index is 2.03. The highest BCUT2D eigenvalue weighted by Gasteiger charge is 2.06. The van der Waals surface area contributed by atoms with E-state index in [1.165, 1.54) is 0 Å². The Morgan fingerprint density at radius 1 is 1.13 bits per heavy atom. The molecule has 5 nitrogen and oxygen atoms in total. The van der Waals surface area contributed by atoms with Crippen molar-refractivity contribution in [2.24, 2.45) is 0 Å². The number of nitrogens with zero attached hydrogens (tertiary/aromatic N) is 2. The van der Waals surface area contributed by atoms with Gasteiger partial charge in [-0.1, -0.05) is 6.07 Å². The fourth-order valence-electron chi connectivity index (χ4n) is 2.09. The maximum absolute atomic E-state index is 12.2. The van der Waals surface area contributed by atoms with Gasteiger partial charge in [0.15, 0.2) is 11.5 Å². The van der Waals surface area contributed by atoms with Gasteiger partial charge in [0.25, 0.3) is 0 Å². The second kappa shape index (κ2) is 7.98. The highest BCUT2D eigenvalue weighted by molar-refractivity contribution is 5.91. The second-order valence-corrected chi connectivity index (χ2v) is 5.00. The van der Waals surface area contributed by atoms with Crippen LogP contribution in [0.4, 0.5) is 0 Å². The molecule has 0 fully saturated rings. The Hall–Kier alpha value is -2.82. The van der Waals surface area contributed by atoms with Crippen molar-refractivity contribution in [1.29, 1.82) is 0 Å². The van der Waals surface area contributed by atoms with Crippen LogP contribution in [0.5, 0.6) is 11.5 Å². The monoisotopic (exact) mass is 312 g/mol. The van der Waals surface area contributed by atoms with Gasteiger partial charge in [-0.15, -0.1) is 0 Å². The van der Waals surface area contributed by atoms with Gasteiger partial charge in [0.2, 0.25) is 5.91 Å². The highest BCUT2D eigenvalue weighted by atomic mass is 16.5. The van der Waals surface area contributed by atoms with Gasteiger partial charge in [0, 0.05) is 32.1 Å². The summed E-state index contributed by atoms with van der Waals surface area (Å²) in [4.78, 5) is 17.8. The fourth-order valence-corrected chi connectivity index (χ4v) is 2.09. The average molecular weight is 312 g/mol. The average Bonchev–Trinajstić information content (AvgIpc) is 2.60. The quantitative estimate of drug-likeness (QED) is 0.770. The molecule has 5 heteroatoms. The summed E-state index contributed by atoms with van der Waals surface area (Å²) in [6, 6.07) is 9.28. The zero-order valence-corrected chi connectivity index (χ0v) is 13.5. The Bertz CT molecular complexity index is 684. The number of hydrogen-bond acceptors (Lipinski definition) is 4. The summed E-state index contributed by atoms with van der Waals surface area (Å²) in [5, 5.41) is 0. The first kappa shape index (κ1) is 16.5. The molecule has 0 aliphatic carbocycles. The Morgan fingerprint density at radius 3 is 2.48 bits per heavy atom. The van der Waals surface area contributed by atoms with Crippen LogP contribution in [0.2, 0.25) is 0 Å². The summed E-state index contributed by atoms with van der Waals surface area (Å²) in [6.45, 7) is 0.539. The minimum atomic E-state index is -0.0726. The van der Waals surface area contributed by atoms with Crippen molar-refractivity contribution < 1.29 is 14.3 Å². The molecule has 2 rings (SSSR count). The van der Waals surface area contributed by atoms with E-state index < -0.39 is 0 Å². The smallest absolute Gasteiger partial charge is 0.246 e. The number of aromatic nitrogens is 1. The number of amides is 1. The van der Waals surface area contributed by atoms with Crippen LogP contribution in [0.1, 0.15) is 11.1 Å². The number of likely N-dealkylation sites (N-methyl/N-ethyl adjacent to an activating group) is 1. The molecule has 0 atom stereocenters. The van der Waals surface area contributed by atoms with Gasteiger partial charge in [-0.3, -0.25) is 9.78 Å². The molecule has 23 heavy (non-hydrogen) atoms. The van der Waals surface area contributed by atoms with Gasteiger partial charge < -0.3 is 14.4 Å². The van der Waals surface area contributed by atoms with E-state index in [4.69, 9.17) is 9.47 Å². The van der Waals surface area contributed by atoms with Crippen molar-refractivity contribution in [2.75, 3.05) is 21.3 Å². The SMILES string of the molecule is COc1ccc(/C=C\C(=O)N(C)Cc2ccncc2)cc1OC. The van der Waals surface area contributed by atoms with Crippen molar-refractivity contribution in [3.63, 3.8) is 0 Å². The fraction of sp³-hybridized carbons (Fsp3) is 0.222. The first-order chi connectivity index (χ1) is 11.1. The predicted octanol–water partition coefficient (Wildman–Crippen LogP) is 2.77. The van der Waals surface area contributed by atoms with Crippen molar-refractivity contribution >= 4 is 12.0 Å². The zero-order chi connectivity index (χ0) is 16.7. The number of pyridine rings is 1. The van der Waals surface area contributed by atoms with E-state index in [2.05, 4.69) is 4.98 Å². The molecule has 1 heterocycles. The predicted molar refractivity (Wildman–Crippen MR) is 89.3 cm³/mol. The molecule has 0 N–H and O–H groups in total. The lowest BCUT2D eigenvalue weighted by Crippen LogP contribution is -2.24. The molecule has 0 spiro atoms. The van der Waals surface area contributed by atoms with Crippen LogP contribution in [-0.2, 0) is 11.3 Å². The number of carbonyl (C=O) groups is 1. The van der Waals surface area contributed by atoms with E-state index >= 15 is 0 Å². The van der Waals surface area contributed by atoms with E-state index in [1.54, 1.807) is 50.7 Å². The second-order valence-electron chi connectivity index (χ2n) is 5.00. The molecule has 0 unspecified atom stereocenters. The highest BCUT2D eigenvalue weighted by Crippen LogP contribution is 2.27. The number of carbonyl (C=O) groups excluding carboxylic acids is 1. The molecule has 1 aromatic carbocycles. The van der Waals surface area contributed by atoms with Crippen molar-refractivity contribution in [1.82, 2.24) is 9.88 Å². The van der Waals surface area contributed by atoms with E-state index in [0.29, 0.717) is 18.0 Å². The Morgan fingerprint density at radius 2 is 1.83 bits per heavy atom. The number of hydrogen-bond donors (Lipinski definition) is 0. The third kappa shape index (κ3) is 4.57. The molecule has 0 aliphatic rings. The van der Waals surface area contributed by atoms with Crippen LogP contribution in [0, 0.1) is 0 Å². The summed E-state index contributed by atoms with van der Waals surface area (Å²) in [6.07, 6.45) is 6.73. The van der Waals surface area contributed by atoms with E-state index in [1.807, 2.05) is 30.3 Å². The minimum Gasteiger partial charge on any atom is -0.493 e. The number of ether oxygens (including phenoxy) is 2. The van der Waals surface area contributed by atoms with Gasteiger partial charge in [-0.05, 0) is 41.5 Å². The summed E-state index contributed by atoms with van der Waals surface area (Å²) >= 11 is 0. The molecule has 0 radical (unpaired) electrons. The lowest BCUT2D eigenvalue weighted by Gasteiger charge is -2.15. The van der Waals surface area contributed by atoms with E-state index in [-0.39, 0.29) is 5.91 Å². The normalized spacial score (nSPS) is 10.6. The minimum absolute atomic E-state index is 0.0726. The maximum atomic E-state index is 12.2. The van der Waals surface area contributed by atoms with E-state index in [9.17, 15) is 4.79 Å². The van der Waals surface area contributed by atoms with Crippen molar-refractivity contribution in [3.8, 4) is 11.5 Å². The van der Waals surface area contributed by atoms with Crippen LogP contribution in [0.15, 0.2) is 48.8 Å². The first-order valence-corrected chi connectivity index (χ1v) is 7.18. The van der Waals surface area contributed by atoms with Gasteiger partial charge in [0.05, 0.1) is 14.2 Å². The standard InChI is InChI=1S/C18H20N2O3/c1-20(13-15-8-10-19-11-9-15)18(21)7-5-14-4-6-16(22-2)17(12-14)23-3/h4-12H,13H2,1-3H3/b7-5-. The summed E-state index contributed by atoms with van der Waals surface area (Å²) in [7, 11) is 4.94. The lowest BCUT2D eigenvalue weighted by molar-refractivity contribution is -0.125. The third-order valence-corrected chi connectivity index (χ3v) is 3.37. The molecule has 0 saturated heterocycles. The molecule has 0 aliphatic heterocycles. The van der Waals surface area contributed by atoms with Gasteiger partial charge in [-0.25, -0.2) is 0 Å². The third-order valence-electron chi connectivity index (χ3n) is 3.37. The van der Waals surface area contributed by atoms with Crippen LogP contribution in [0.3, 0.4) is 0 Å². The molecule has 2 aromatic rings. The first-order valence-electron chi connectivity index (χ1n) is 7.18. The molecular formula is C18H20N2O3. The molecule has 120 valence electrons. The summed E-state index contributed by atoms with van der Waals surface area (Å²) < 4.78 is 10.4. The number of benzene rings is 1. The van der Waals surface area contributed by atoms with Crippen molar-refractivity contribution in [2.45, 2.75) is 6.54 Å². The number of rotatable bonds is 6. The molecule has 1 aromatic heterocycles.